The minimum absolute atomic E-state index is 0.0855. The van der Waals surface area contributed by atoms with Crippen molar-refractivity contribution in [3.05, 3.63) is 89.0 Å². The molecule has 3 heterocycles. The fraction of sp³-hybridized carbons (Fsp3) is 0.500. The van der Waals surface area contributed by atoms with Crippen LogP contribution in [-0.2, 0) is 19.7 Å². The Morgan fingerprint density at radius 3 is 2.18 bits per heavy atom. The van der Waals surface area contributed by atoms with E-state index in [9.17, 15) is 24.3 Å². The second-order valence-electron chi connectivity index (χ2n) is 15.9. The maximum atomic E-state index is 14.9. The number of aromatic carboxylic acids is 1. The first-order valence-electron chi connectivity index (χ1n) is 17.5. The molecule has 3 amide bonds. The number of carboxylic acids is 1. The summed E-state index contributed by atoms with van der Waals surface area (Å²) in [4.78, 5) is 58.5. The number of likely N-dealkylation sites (tertiary alicyclic amines) is 1. The van der Waals surface area contributed by atoms with Crippen molar-refractivity contribution in [2.45, 2.75) is 77.9 Å². The average Bonchev–Trinajstić information content (AvgIpc) is 3.57. The summed E-state index contributed by atoms with van der Waals surface area (Å²) in [6.45, 7) is 14.1. The second-order valence-corrected chi connectivity index (χ2v) is 16.9. The van der Waals surface area contributed by atoms with Crippen LogP contribution < -0.4 is 0 Å². The summed E-state index contributed by atoms with van der Waals surface area (Å²) in [5.41, 5.74) is 2.73. The van der Waals surface area contributed by atoms with Crippen LogP contribution in [0.5, 0.6) is 0 Å². The molecule has 266 valence electrons. The standard InChI is InChI=1S/C40H49N3O6S/c1-37(2,3)49-36(48)43-26-50-24-31(43)33(44)41-22-19-40(20-23-41,29-10-8-7-9-11-29)35(47)42-21-17-32-38(4,5)30(16-18-39(32,6)25-42)27-12-14-28(15-13-27)34(45)46/h7-17,31H,18-26H2,1-6H3,(H,45,46)/t31-,39-/m1/s1. The van der Waals surface area contributed by atoms with E-state index in [4.69, 9.17) is 4.74 Å². The van der Waals surface area contributed by atoms with E-state index in [2.05, 4.69) is 32.9 Å². The van der Waals surface area contributed by atoms with Gasteiger partial charge >= 0.3 is 12.1 Å². The van der Waals surface area contributed by atoms with Crippen molar-refractivity contribution in [2.24, 2.45) is 10.8 Å². The molecule has 6 rings (SSSR count). The summed E-state index contributed by atoms with van der Waals surface area (Å²) in [6.07, 6.45) is 5.79. The van der Waals surface area contributed by atoms with Crippen molar-refractivity contribution < 1.29 is 29.0 Å². The zero-order valence-corrected chi connectivity index (χ0v) is 30.8. The first kappa shape index (κ1) is 35.8. The van der Waals surface area contributed by atoms with E-state index < -0.39 is 29.1 Å². The number of fused-ring (bicyclic) bond motifs is 1. The maximum absolute atomic E-state index is 14.9. The molecule has 0 aromatic heterocycles. The van der Waals surface area contributed by atoms with E-state index in [0.717, 1.165) is 17.5 Å². The van der Waals surface area contributed by atoms with Crippen molar-refractivity contribution in [1.29, 1.82) is 0 Å². The van der Waals surface area contributed by atoms with Gasteiger partial charge in [0.05, 0.1) is 16.9 Å². The van der Waals surface area contributed by atoms with Gasteiger partial charge in [0, 0.05) is 42.8 Å². The zero-order valence-electron chi connectivity index (χ0n) is 30.0. The van der Waals surface area contributed by atoms with Gasteiger partial charge < -0.3 is 19.6 Å². The van der Waals surface area contributed by atoms with Crippen LogP contribution in [0.1, 0.15) is 82.3 Å². The fourth-order valence-corrected chi connectivity index (χ4v) is 9.64. The first-order valence-corrected chi connectivity index (χ1v) is 18.7. The highest BCUT2D eigenvalue weighted by Gasteiger charge is 2.51. The smallest absolute Gasteiger partial charge is 0.411 e. The Labute approximate surface area is 299 Å². The molecule has 0 saturated carbocycles. The number of thioether (sulfide) groups is 1. The van der Waals surface area contributed by atoms with Gasteiger partial charge in [-0.1, -0.05) is 81.0 Å². The van der Waals surface area contributed by atoms with Crippen molar-refractivity contribution in [3.8, 4) is 0 Å². The van der Waals surface area contributed by atoms with Crippen LogP contribution in [0.25, 0.3) is 5.57 Å². The number of benzene rings is 2. The lowest BCUT2D eigenvalue weighted by Crippen LogP contribution is -2.59. The lowest BCUT2D eigenvalue weighted by atomic mass is 9.58. The van der Waals surface area contributed by atoms with E-state index in [0.29, 0.717) is 50.7 Å². The number of carbonyl (C=O) groups is 4. The number of nitrogens with zero attached hydrogens (tertiary/aromatic N) is 3. The lowest BCUT2D eigenvalue weighted by Gasteiger charge is -2.52. The Balaban J connectivity index is 1.21. The molecule has 0 bridgehead atoms. The number of hydrogen-bond acceptors (Lipinski definition) is 6. The topological polar surface area (TPSA) is 107 Å². The molecule has 10 heteroatoms. The highest BCUT2D eigenvalue weighted by Crippen LogP contribution is 2.55. The van der Waals surface area contributed by atoms with Gasteiger partial charge in [0.2, 0.25) is 11.8 Å². The van der Waals surface area contributed by atoms with E-state index in [1.54, 1.807) is 23.9 Å². The third-order valence-electron chi connectivity index (χ3n) is 11.0. The Morgan fingerprint density at radius 2 is 1.56 bits per heavy atom. The van der Waals surface area contributed by atoms with Crippen molar-refractivity contribution in [3.63, 3.8) is 0 Å². The van der Waals surface area contributed by atoms with Gasteiger partial charge in [-0.15, -0.1) is 11.8 Å². The minimum atomic E-state index is -0.941. The van der Waals surface area contributed by atoms with Crippen LogP contribution in [0, 0.1) is 10.8 Å². The monoisotopic (exact) mass is 699 g/mol. The van der Waals surface area contributed by atoms with Crippen molar-refractivity contribution in [1.82, 2.24) is 14.7 Å². The molecule has 2 fully saturated rings. The van der Waals surface area contributed by atoms with Crippen LogP contribution >= 0.6 is 11.8 Å². The van der Waals surface area contributed by atoms with Gasteiger partial charge in [0.1, 0.15) is 11.6 Å². The third-order valence-corrected chi connectivity index (χ3v) is 12.0. The van der Waals surface area contributed by atoms with Crippen LogP contribution in [0.2, 0.25) is 0 Å². The first-order chi connectivity index (χ1) is 23.6. The van der Waals surface area contributed by atoms with Gasteiger partial charge in [-0.2, -0.15) is 0 Å². The highest BCUT2D eigenvalue weighted by molar-refractivity contribution is 7.99. The number of carbonyl (C=O) groups excluding carboxylic acids is 3. The van der Waals surface area contributed by atoms with E-state index in [1.807, 2.05) is 73.0 Å². The second kappa shape index (κ2) is 13.2. The molecule has 1 N–H and O–H groups in total. The molecule has 9 nitrogen and oxygen atoms in total. The zero-order chi connectivity index (χ0) is 36.1. The average molecular weight is 700 g/mol. The molecular formula is C40H49N3O6S. The van der Waals surface area contributed by atoms with Gasteiger partial charge in [0.15, 0.2) is 0 Å². The molecule has 0 unspecified atom stereocenters. The third kappa shape index (κ3) is 6.59. The molecule has 4 aliphatic rings. The van der Waals surface area contributed by atoms with Crippen LogP contribution in [0.4, 0.5) is 4.79 Å². The minimum Gasteiger partial charge on any atom is -0.478 e. The Hall–Kier alpha value is -4.05. The molecule has 2 aromatic carbocycles. The fourth-order valence-electron chi connectivity index (χ4n) is 8.51. The van der Waals surface area contributed by atoms with Crippen LogP contribution in [0.3, 0.4) is 0 Å². The Morgan fingerprint density at radius 1 is 0.900 bits per heavy atom. The molecule has 0 spiro atoms. The molecule has 1 aliphatic carbocycles. The molecule has 2 aromatic rings. The number of ether oxygens (including phenoxy) is 1. The van der Waals surface area contributed by atoms with Gasteiger partial charge in [0.25, 0.3) is 0 Å². The largest absolute Gasteiger partial charge is 0.478 e. The number of carboxylic acid groups (broad SMARTS) is 1. The quantitative estimate of drug-likeness (QED) is 0.341. The summed E-state index contributed by atoms with van der Waals surface area (Å²) in [7, 11) is 0. The maximum Gasteiger partial charge on any atom is 0.411 e. The normalized spacial score (nSPS) is 24.5. The van der Waals surface area contributed by atoms with E-state index >= 15 is 0 Å². The molecule has 2 atom stereocenters. The number of allylic oxidation sites excluding steroid dienone is 2. The summed E-state index contributed by atoms with van der Waals surface area (Å²) in [5.74, 6) is 0.00960. The summed E-state index contributed by atoms with van der Waals surface area (Å²) < 4.78 is 5.60. The number of rotatable bonds is 5. The summed E-state index contributed by atoms with van der Waals surface area (Å²) in [5, 5.41) is 9.38. The molecule has 2 saturated heterocycles. The summed E-state index contributed by atoms with van der Waals surface area (Å²) in [6, 6.07) is 16.5. The van der Waals surface area contributed by atoms with Gasteiger partial charge in [-0.25, -0.2) is 9.59 Å². The van der Waals surface area contributed by atoms with Gasteiger partial charge in [-0.05, 0) is 68.9 Å². The van der Waals surface area contributed by atoms with Crippen molar-refractivity contribution >= 4 is 41.2 Å². The Kier molecular flexibility index (Phi) is 9.48. The number of piperidine rings is 1. The summed E-state index contributed by atoms with van der Waals surface area (Å²) >= 11 is 1.55. The molecule has 3 aliphatic heterocycles. The number of amides is 3. The van der Waals surface area contributed by atoms with E-state index in [1.165, 1.54) is 16.0 Å². The van der Waals surface area contributed by atoms with Crippen molar-refractivity contribution in [2.75, 3.05) is 37.8 Å². The highest BCUT2D eigenvalue weighted by atomic mass is 32.2. The number of hydrogen-bond donors (Lipinski definition) is 1. The molecule has 0 radical (unpaired) electrons. The van der Waals surface area contributed by atoms with Gasteiger partial charge in [-0.3, -0.25) is 14.5 Å². The molecule has 50 heavy (non-hydrogen) atoms. The predicted octanol–water partition coefficient (Wildman–Crippen LogP) is 6.84. The van der Waals surface area contributed by atoms with Crippen LogP contribution in [0.15, 0.2) is 72.3 Å². The SMILES string of the molecule is CC(C)(C)OC(=O)N1CSC[C@@H]1C(=O)N1CCC(C(=O)N2CC=C3C(C)(C)C(c4ccc(C(=O)O)cc4)=CC[C@]3(C)C2)(c2ccccc2)CC1. The predicted molar refractivity (Wildman–Crippen MR) is 196 cm³/mol. The van der Waals surface area contributed by atoms with Crippen LogP contribution in [-0.4, -0.2) is 93.1 Å². The van der Waals surface area contributed by atoms with E-state index in [-0.39, 0.29) is 28.2 Å². The Bertz CT molecular complexity index is 1720. The lowest BCUT2D eigenvalue weighted by molar-refractivity contribution is -0.145. The molecular weight excluding hydrogens is 651 g/mol.